The number of hydrogen-bond acceptors (Lipinski definition) is 3. The van der Waals surface area contributed by atoms with Crippen molar-refractivity contribution in [1.29, 1.82) is 0 Å². The maximum atomic E-state index is 5.44. The van der Waals surface area contributed by atoms with Crippen molar-refractivity contribution in [2.75, 3.05) is 37.5 Å². The molecule has 2 rings (SSSR count). The van der Waals surface area contributed by atoms with Gasteiger partial charge in [0, 0.05) is 32.0 Å². The fourth-order valence-electron chi connectivity index (χ4n) is 2.26. The maximum Gasteiger partial charge on any atom is 0.170 e. The number of nitrogens with one attached hydrogen (secondary N) is 2. The van der Waals surface area contributed by atoms with Gasteiger partial charge in [-0.3, -0.25) is 0 Å². The summed E-state index contributed by atoms with van der Waals surface area (Å²) in [6.45, 7) is 3.46. The lowest BCUT2D eigenvalue weighted by Crippen LogP contribution is -2.30. The van der Waals surface area contributed by atoms with E-state index in [4.69, 9.17) is 17.0 Å². The van der Waals surface area contributed by atoms with Crippen LogP contribution in [0.15, 0.2) is 48.5 Å². The molecule has 24 heavy (non-hydrogen) atoms. The molecule has 0 fully saturated rings. The van der Waals surface area contributed by atoms with Crippen LogP contribution in [0.1, 0.15) is 12.5 Å². The average Bonchev–Trinajstić information content (AvgIpc) is 2.57. The van der Waals surface area contributed by atoms with E-state index in [2.05, 4.69) is 39.8 Å². The van der Waals surface area contributed by atoms with Crippen molar-refractivity contribution in [2.24, 2.45) is 0 Å². The maximum absolute atomic E-state index is 5.44. The molecule has 2 N–H and O–H groups in total. The van der Waals surface area contributed by atoms with Crippen molar-refractivity contribution in [1.82, 2.24) is 5.32 Å². The number of rotatable bonds is 7. The minimum absolute atomic E-state index is 0.638. The minimum atomic E-state index is 0.638. The molecule has 0 saturated heterocycles. The molecule has 0 atom stereocenters. The Morgan fingerprint density at radius 2 is 1.71 bits per heavy atom. The van der Waals surface area contributed by atoms with Crippen molar-refractivity contribution >= 4 is 28.7 Å². The molecule has 0 aliphatic carbocycles. The fourth-order valence-corrected chi connectivity index (χ4v) is 2.48. The third-order valence-corrected chi connectivity index (χ3v) is 3.82. The number of thiocarbonyl (C=S) groups is 1. The Labute approximate surface area is 149 Å². The first kappa shape index (κ1) is 18.1. The van der Waals surface area contributed by atoms with E-state index in [9.17, 15) is 0 Å². The Morgan fingerprint density at radius 3 is 2.29 bits per heavy atom. The topological polar surface area (TPSA) is 36.5 Å². The van der Waals surface area contributed by atoms with Crippen molar-refractivity contribution in [3.63, 3.8) is 0 Å². The number of benzene rings is 2. The van der Waals surface area contributed by atoms with Gasteiger partial charge < -0.3 is 20.3 Å². The number of ether oxygens (including phenoxy) is 1. The lowest BCUT2D eigenvalue weighted by atomic mass is 10.1. The van der Waals surface area contributed by atoms with Gasteiger partial charge in [-0.25, -0.2) is 0 Å². The number of hydrogen-bond donors (Lipinski definition) is 2. The van der Waals surface area contributed by atoms with Gasteiger partial charge in [-0.05, 0) is 67.5 Å². The van der Waals surface area contributed by atoms with Gasteiger partial charge in [-0.2, -0.15) is 0 Å². The summed E-state index contributed by atoms with van der Waals surface area (Å²) in [6, 6.07) is 16.3. The van der Waals surface area contributed by atoms with Gasteiger partial charge in [-0.15, -0.1) is 0 Å². The first-order valence-corrected chi connectivity index (χ1v) is 8.53. The molecule has 4 nitrogen and oxygen atoms in total. The van der Waals surface area contributed by atoms with Crippen LogP contribution in [-0.2, 0) is 6.42 Å². The zero-order valence-electron chi connectivity index (χ0n) is 14.5. The van der Waals surface area contributed by atoms with Gasteiger partial charge in [0.2, 0.25) is 0 Å². The minimum Gasteiger partial charge on any atom is -0.494 e. The Morgan fingerprint density at radius 1 is 1.04 bits per heavy atom. The molecule has 2 aromatic carbocycles. The number of nitrogens with zero attached hydrogens (tertiary/aromatic N) is 1. The molecule has 0 amide bonds. The van der Waals surface area contributed by atoms with E-state index in [0.29, 0.717) is 11.7 Å². The molecule has 0 aliphatic heterocycles. The molecule has 0 spiro atoms. The summed E-state index contributed by atoms with van der Waals surface area (Å²) in [5.74, 6) is 0.910. The lowest BCUT2D eigenvalue weighted by Gasteiger charge is -2.14. The summed E-state index contributed by atoms with van der Waals surface area (Å²) in [5.41, 5.74) is 3.40. The molecular formula is C19H25N3OS. The predicted octanol–water partition coefficient (Wildman–Crippen LogP) is 3.68. The first-order chi connectivity index (χ1) is 11.6. The Bertz CT molecular complexity index is 639. The van der Waals surface area contributed by atoms with Crippen LogP contribution in [0.25, 0.3) is 0 Å². The van der Waals surface area contributed by atoms with Crippen molar-refractivity contribution in [2.45, 2.75) is 13.3 Å². The van der Waals surface area contributed by atoms with E-state index in [1.54, 1.807) is 0 Å². The van der Waals surface area contributed by atoms with Crippen molar-refractivity contribution < 1.29 is 4.74 Å². The Hall–Kier alpha value is -2.27. The highest BCUT2D eigenvalue weighted by Crippen LogP contribution is 2.15. The van der Waals surface area contributed by atoms with Crippen molar-refractivity contribution in [3.05, 3.63) is 54.1 Å². The summed E-state index contributed by atoms with van der Waals surface area (Å²) >= 11 is 5.34. The normalized spacial score (nSPS) is 10.1. The van der Waals surface area contributed by atoms with Gasteiger partial charge in [0.15, 0.2) is 5.11 Å². The third kappa shape index (κ3) is 5.74. The van der Waals surface area contributed by atoms with E-state index >= 15 is 0 Å². The molecule has 0 aliphatic rings. The Balaban J connectivity index is 1.74. The van der Waals surface area contributed by atoms with Crippen LogP contribution in [0, 0.1) is 0 Å². The van der Waals surface area contributed by atoms with Crippen molar-refractivity contribution in [3.8, 4) is 5.75 Å². The largest absolute Gasteiger partial charge is 0.494 e. The molecule has 0 radical (unpaired) electrons. The van der Waals surface area contributed by atoms with Gasteiger partial charge in [-0.1, -0.05) is 12.1 Å². The second-order valence-corrected chi connectivity index (χ2v) is 6.06. The highest BCUT2D eigenvalue weighted by atomic mass is 32.1. The highest BCUT2D eigenvalue weighted by Gasteiger charge is 2.00. The van der Waals surface area contributed by atoms with Crippen LogP contribution in [-0.4, -0.2) is 32.4 Å². The lowest BCUT2D eigenvalue weighted by molar-refractivity contribution is 0.340. The molecule has 0 aromatic heterocycles. The van der Waals surface area contributed by atoms with Crippen LogP contribution in [0.5, 0.6) is 5.75 Å². The van der Waals surface area contributed by atoms with E-state index in [1.807, 2.05) is 45.3 Å². The van der Waals surface area contributed by atoms with Crippen LogP contribution in [0.3, 0.4) is 0 Å². The molecule has 0 heterocycles. The molecule has 128 valence electrons. The van der Waals surface area contributed by atoms with E-state index in [-0.39, 0.29) is 0 Å². The molecule has 2 aromatic rings. The summed E-state index contributed by atoms with van der Waals surface area (Å²) in [5, 5.41) is 7.07. The highest BCUT2D eigenvalue weighted by molar-refractivity contribution is 7.80. The van der Waals surface area contributed by atoms with Gasteiger partial charge in [0.1, 0.15) is 5.75 Å². The van der Waals surface area contributed by atoms with Gasteiger partial charge in [0.05, 0.1) is 6.61 Å². The standard InChI is InChI=1S/C19H25N3OS/c1-4-23-18-11-5-15(6-12-18)13-14-20-19(24)21-16-7-9-17(10-8-16)22(2)3/h5-12H,4,13-14H2,1-3H3,(H2,20,21,24). The zero-order valence-corrected chi connectivity index (χ0v) is 15.3. The SMILES string of the molecule is CCOc1ccc(CCNC(=S)Nc2ccc(N(C)C)cc2)cc1. The van der Waals surface area contributed by atoms with Gasteiger partial charge in [0.25, 0.3) is 0 Å². The molecule has 0 saturated carbocycles. The summed E-state index contributed by atoms with van der Waals surface area (Å²) in [4.78, 5) is 2.07. The smallest absolute Gasteiger partial charge is 0.170 e. The van der Waals surface area contributed by atoms with E-state index in [0.717, 1.165) is 30.1 Å². The van der Waals surface area contributed by atoms with Gasteiger partial charge >= 0.3 is 0 Å². The summed E-state index contributed by atoms with van der Waals surface area (Å²) in [7, 11) is 4.05. The fraction of sp³-hybridized carbons (Fsp3) is 0.316. The van der Waals surface area contributed by atoms with Crippen LogP contribution < -0.4 is 20.3 Å². The van der Waals surface area contributed by atoms with E-state index in [1.165, 1.54) is 5.56 Å². The molecule has 5 heteroatoms. The Kier molecular flexibility index (Phi) is 6.88. The van der Waals surface area contributed by atoms with Crippen LogP contribution in [0.2, 0.25) is 0 Å². The van der Waals surface area contributed by atoms with E-state index < -0.39 is 0 Å². The monoisotopic (exact) mass is 343 g/mol. The quantitative estimate of drug-likeness (QED) is 0.750. The molecule has 0 bridgehead atoms. The summed E-state index contributed by atoms with van der Waals surface area (Å²) in [6.07, 6.45) is 0.911. The van der Waals surface area contributed by atoms with Crippen LogP contribution in [0.4, 0.5) is 11.4 Å². The summed E-state index contributed by atoms with van der Waals surface area (Å²) < 4.78 is 5.44. The second kappa shape index (κ2) is 9.13. The first-order valence-electron chi connectivity index (χ1n) is 8.12. The molecular weight excluding hydrogens is 318 g/mol. The average molecular weight is 343 g/mol. The molecule has 0 unspecified atom stereocenters. The zero-order chi connectivity index (χ0) is 17.4. The second-order valence-electron chi connectivity index (χ2n) is 5.65. The third-order valence-electron chi connectivity index (χ3n) is 3.58. The van der Waals surface area contributed by atoms with Crippen LogP contribution >= 0.6 is 12.2 Å². The number of anilines is 2. The predicted molar refractivity (Wildman–Crippen MR) is 106 cm³/mol.